The number of benzene rings is 1. The van der Waals surface area contributed by atoms with E-state index >= 15 is 0 Å². The fourth-order valence-corrected chi connectivity index (χ4v) is 2.83. The maximum Gasteiger partial charge on any atom is 0.101 e. The van der Waals surface area contributed by atoms with Gasteiger partial charge in [0, 0.05) is 13.1 Å². The highest BCUT2D eigenvalue weighted by molar-refractivity contribution is 5.59. The van der Waals surface area contributed by atoms with E-state index in [1.54, 1.807) is 0 Å². The van der Waals surface area contributed by atoms with Gasteiger partial charge in [-0.2, -0.15) is 5.26 Å². The van der Waals surface area contributed by atoms with E-state index in [-0.39, 0.29) is 0 Å². The van der Waals surface area contributed by atoms with Crippen molar-refractivity contribution in [3.8, 4) is 6.07 Å². The van der Waals surface area contributed by atoms with E-state index in [0.717, 1.165) is 30.3 Å². The van der Waals surface area contributed by atoms with Gasteiger partial charge in [-0.1, -0.05) is 32.9 Å². The molecule has 1 aliphatic rings. The standard InChI is InChI=1S/C16H22N2/c1-16(2,3)14-8-10-18(11-9-14)15-7-5-4-6-13(15)12-17/h4-7,14H,8-11H2,1-3H3. The van der Waals surface area contributed by atoms with Crippen LogP contribution in [0.5, 0.6) is 0 Å². The van der Waals surface area contributed by atoms with E-state index in [4.69, 9.17) is 5.26 Å². The normalized spacial score (nSPS) is 17.6. The van der Waals surface area contributed by atoms with Gasteiger partial charge >= 0.3 is 0 Å². The Morgan fingerprint density at radius 2 is 1.78 bits per heavy atom. The summed E-state index contributed by atoms with van der Waals surface area (Å²) in [6.45, 7) is 9.13. The summed E-state index contributed by atoms with van der Waals surface area (Å²) in [6, 6.07) is 10.2. The van der Waals surface area contributed by atoms with Gasteiger partial charge in [-0.15, -0.1) is 0 Å². The molecule has 0 atom stereocenters. The summed E-state index contributed by atoms with van der Waals surface area (Å²) in [5.41, 5.74) is 2.31. The second kappa shape index (κ2) is 5.02. The third kappa shape index (κ3) is 2.67. The van der Waals surface area contributed by atoms with Crippen molar-refractivity contribution in [2.45, 2.75) is 33.6 Å². The molecule has 2 nitrogen and oxygen atoms in total. The van der Waals surface area contributed by atoms with Gasteiger partial charge in [-0.05, 0) is 36.3 Å². The minimum absolute atomic E-state index is 0.404. The molecule has 0 aromatic heterocycles. The summed E-state index contributed by atoms with van der Waals surface area (Å²) in [5.74, 6) is 0.794. The summed E-state index contributed by atoms with van der Waals surface area (Å²) in [5, 5.41) is 9.15. The van der Waals surface area contributed by atoms with Gasteiger partial charge in [-0.25, -0.2) is 0 Å². The summed E-state index contributed by atoms with van der Waals surface area (Å²) >= 11 is 0. The van der Waals surface area contributed by atoms with Crippen molar-refractivity contribution >= 4 is 5.69 Å². The van der Waals surface area contributed by atoms with Crippen molar-refractivity contribution in [2.24, 2.45) is 11.3 Å². The van der Waals surface area contributed by atoms with Gasteiger partial charge in [-0.3, -0.25) is 0 Å². The Labute approximate surface area is 110 Å². The molecule has 0 bridgehead atoms. The zero-order valence-electron chi connectivity index (χ0n) is 11.6. The molecule has 0 N–H and O–H groups in total. The van der Waals surface area contributed by atoms with Crippen LogP contribution < -0.4 is 4.90 Å². The molecular weight excluding hydrogens is 220 g/mol. The Morgan fingerprint density at radius 3 is 2.33 bits per heavy atom. The molecule has 96 valence electrons. The van der Waals surface area contributed by atoms with Crippen LogP contribution in [0.1, 0.15) is 39.2 Å². The molecule has 0 amide bonds. The molecule has 0 saturated carbocycles. The maximum absolute atomic E-state index is 9.15. The Hall–Kier alpha value is -1.49. The fourth-order valence-electron chi connectivity index (χ4n) is 2.83. The van der Waals surface area contributed by atoms with Crippen LogP contribution in [-0.4, -0.2) is 13.1 Å². The van der Waals surface area contributed by atoms with Crippen molar-refractivity contribution < 1.29 is 0 Å². The Kier molecular flexibility index (Phi) is 3.61. The number of rotatable bonds is 1. The topological polar surface area (TPSA) is 27.0 Å². The molecule has 1 aromatic rings. The van der Waals surface area contributed by atoms with Crippen LogP contribution in [0.2, 0.25) is 0 Å². The lowest BCUT2D eigenvalue weighted by Crippen LogP contribution is -2.38. The summed E-state index contributed by atoms with van der Waals surface area (Å²) in [7, 11) is 0. The molecular formula is C16H22N2. The number of piperidine rings is 1. The first-order valence-corrected chi connectivity index (χ1v) is 6.76. The van der Waals surface area contributed by atoms with Gasteiger partial charge in [0.2, 0.25) is 0 Å². The van der Waals surface area contributed by atoms with E-state index in [1.165, 1.54) is 12.8 Å². The van der Waals surface area contributed by atoms with Crippen LogP contribution in [0, 0.1) is 22.7 Å². The molecule has 0 spiro atoms. The lowest BCUT2D eigenvalue weighted by atomic mass is 9.75. The van der Waals surface area contributed by atoms with E-state index in [9.17, 15) is 0 Å². The van der Waals surface area contributed by atoms with Gasteiger partial charge in [0.25, 0.3) is 0 Å². The Balaban J connectivity index is 2.09. The summed E-state index contributed by atoms with van der Waals surface area (Å²) < 4.78 is 0. The number of hydrogen-bond donors (Lipinski definition) is 0. The number of para-hydroxylation sites is 1. The predicted octanol–water partition coefficient (Wildman–Crippen LogP) is 3.82. The van der Waals surface area contributed by atoms with Crippen LogP contribution >= 0.6 is 0 Å². The van der Waals surface area contributed by atoms with Crippen molar-refractivity contribution in [3.63, 3.8) is 0 Å². The van der Waals surface area contributed by atoms with Crippen LogP contribution in [0.3, 0.4) is 0 Å². The van der Waals surface area contributed by atoms with Crippen LogP contribution in [0.15, 0.2) is 24.3 Å². The van der Waals surface area contributed by atoms with Crippen molar-refractivity contribution in [2.75, 3.05) is 18.0 Å². The van der Waals surface area contributed by atoms with Crippen LogP contribution in [0.25, 0.3) is 0 Å². The summed E-state index contributed by atoms with van der Waals surface area (Å²) in [6.07, 6.45) is 2.45. The van der Waals surface area contributed by atoms with E-state index in [2.05, 4.69) is 37.8 Å². The molecule has 1 saturated heterocycles. The highest BCUT2D eigenvalue weighted by Gasteiger charge is 2.29. The third-order valence-electron chi connectivity index (χ3n) is 4.08. The minimum atomic E-state index is 0.404. The zero-order valence-corrected chi connectivity index (χ0v) is 11.6. The van der Waals surface area contributed by atoms with Crippen LogP contribution in [0.4, 0.5) is 5.69 Å². The molecule has 1 fully saturated rings. The van der Waals surface area contributed by atoms with Gasteiger partial charge in [0.05, 0.1) is 11.3 Å². The van der Waals surface area contributed by atoms with Crippen molar-refractivity contribution in [3.05, 3.63) is 29.8 Å². The molecule has 2 heteroatoms. The third-order valence-corrected chi connectivity index (χ3v) is 4.08. The second-order valence-electron chi connectivity index (χ2n) is 6.26. The average Bonchev–Trinajstić information content (AvgIpc) is 2.38. The maximum atomic E-state index is 9.15. The molecule has 2 rings (SSSR count). The molecule has 18 heavy (non-hydrogen) atoms. The first-order chi connectivity index (χ1) is 8.52. The molecule has 0 unspecified atom stereocenters. The quantitative estimate of drug-likeness (QED) is 0.748. The van der Waals surface area contributed by atoms with Crippen LogP contribution in [-0.2, 0) is 0 Å². The number of anilines is 1. The van der Waals surface area contributed by atoms with Gasteiger partial charge in [0.1, 0.15) is 6.07 Å². The molecule has 1 aromatic carbocycles. The zero-order chi connectivity index (χ0) is 13.2. The second-order valence-corrected chi connectivity index (χ2v) is 6.26. The number of nitrogens with zero attached hydrogens (tertiary/aromatic N) is 2. The molecule has 1 aliphatic heterocycles. The van der Waals surface area contributed by atoms with Gasteiger partial charge < -0.3 is 4.90 Å². The van der Waals surface area contributed by atoms with Crippen molar-refractivity contribution in [1.82, 2.24) is 0 Å². The SMILES string of the molecule is CC(C)(C)C1CCN(c2ccccc2C#N)CC1. The highest BCUT2D eigenvalue weighted by atomic mass is 15.1. The number of hydrogen-bond acceptors (Lipinski definition) is 2. The number of nitriles is 1. The van der Waals surface area contributed by atoms with Gasteiger partial charge in [0.15, 0.2) is 0 Å². The average molecular weight is 242 g/mol. The summed E-state index contributed by atoms with van der Waals surface area (Å²) in [4.78, 5) is 2.36. The highest BCUT2D eigenvalue weighted by Crippen LogP contribution is 2.36. The largest absolute Gasteiger partial charge is 0.370 e. The first-order valence-electron chi connectivity index (χ1n) is 6.76. The molecule has 1 heterocycles. The van der Waals surface area contributed by atoms with E-state index in [1.807, 2.05) is 18.2 Å². The lowest BCUT2D eigenvalue weighted by Gasteiger charge is -2.40. The molecule has 0 aliphatic carbocycles. The molecule has 0 radical (unpaired) electrons. The van der Waals surface area contributed by atoms with Crippen molar-refractivity contribution in [1.29, 1.82) is 5.26 Å². The smallest absolute Gasteiger partial charge is 0.101 e. The monoisotopic (exact) mass is 242 g/mol. The van der Waals surface area contributed by atoms with E-state index < -0.39 is 0 Å². The minimum Gasteiger partial charge on any atom is -0.370 e. The Morgan fingerprint density at radius 1 is 1.17 bits per heavy atom. The first kappa shape index (κ1) is 13.0. The fraction of sp³-hybridized carbons (Fsp3) is 0.562. The Bertz CT molecular complexity index is 443. The van der Waals surface area contributed by atoms with E-state index in [0.29, 0.717) is 5.41 Å². The predicted molar refractivity (Wildman–Crippen MR) is 75.5 cm³/mol. The lowest BCUT2D eigenvalue weighted by molar-refractivity contribution is 0.199.